The maximum Gasteiger partial charge on any atom is 0.114 e. The fourth-order valence-corrected chi connectivity index (χ4v) is 4.85. The third kappa shape index (κ3) is 2.94. The Morgan fingerprint density at radius 1 is 1.04 bits per heavy atom. The van der Waals surface area contributed by atoms with Gasteiger partial charge in [0.25, 0.3) is 0 Å². The van der Waals surface area contributed by atoms with Gasteiger partial charge in [0.05, 0.1) is 11.4 Å². The molecule has 0 aliphatic carbocycles. The van der Waals surface area contributed by atoms with Gasteiger partial charge in [-0.05, 0) is 54.5 Å². The van der Waals surface area contributed by atoms with Crippen LogP contribution in [0, 0.1) is 0 Å². The summed E-state index contributed by atoms with van der Waals surface area (Å²) in [5.74, 6) is 2.59. The summed E-state index contributed by atoms with van der Waals surface area (Å²) in [7, 11) is 0. The minimum absolute atomic E-state index is 0.980. The summed E-state index contributed by atoms with van der Waals surface area (Å²) in [4.78, 5) is 9.85. The summed E-state index contributed by atoms with van der Waals surface area (Å²) in [6.07, 6.45) is 10.4. The summed E-state index contributed by atoms with van der Waals surface area (Å²) in [6.45, 7) is 4.31. The van der Waals surface area contributed by atoms with Crippen LogP contribution in [0.5, 0.6) is 0 Å². The second-order valence-corrected chi connectivity index (χ2v) is 8.07. The number of unbranched alkanes of at least 4 members (excludes halogenated alkanes) is 1. The first kappa shape index (κ1) is 17.5. The molecule has 0 spiro atoms. The van der Waals surface area contributed by atoms with E-state index in [0.29, 0.717) is 0 Å². The lowest BCUT2D eigenvalue weighted by Gasteiger charge is -2.39. The highest BCUT2D eigenvalue weighted by molar-refractivity contribution is 5.89. The van der Waals surface area contributed by atoms with E-state index in [2.05, 4.69) is 65.3 Å². The van der Waals surface area contributed by atoms with Crippen molar-refractivity contribution in [1.29, 1.82) is 0 Å². The standard InChI is InChI=1S/C25H29N3/c1-2-3-9-19-11-6-12-21-18-20-10-4-5-13-22(20)28(25(19)21)24-15-8-17-27(24)23-14-7-16-26-23/h4-6,10-13,15H,2-3,7-9,14,16-18H2,1H3. The second kappa shape index (κ2) is 7.46. The Hall–Kier alpha value is -2.55. The smallest absolute Gasteiger partial charge is 0.114 e. The number of hydrogen-bond acceptors (Lipinski definition) is 3. The number of fused-ring (bicyclic) bond motifs is 2. The number of amidine groups is 1. The molecular weight excluding hydrogens is 342 g/mol. The zero-order valence-electron chi connectivity index (χ0n) is 16.8. The SMILES string of the molecule is CCCCc1cccc2c1N(C1=CCCN1C1=NCCC1)c1ccccc1C2. The van der Waals surface area contributed by atoms with Crippen molar-refractivity contribution in [1.82, 2.24) is 4.90 Å². The lowest BCUT2D eigenvalue weighted by Crippen LogP contribution is -2.36. The van der Waals surface area contributed by atoms with E-state index in [4.69, 9.17) is 4.99 Å². The van der Waals surface area contributed by atoms with E-state index in [1.807, 2.05) is 0 Å². The van der Waals surface area contributed by atoms with Crippen molar-refractivity contribution in [2.45, 2.75) is 51.9 Å². The van der Waals surface area contributed by atoms with Gasteiger partial charge in [-0.3, -0.25) is 9.89 Å². The van der Waals surface area contributed by atoms with Gasteiger partial charge in [-0.1, -0.05) is 49.7 Å². The van der Waals surface area contributed by atoms with Crippen molar-refractivity contribution >= 4 is 17.2 Å². The molecule has 0 bridgehead atoms. The molecule has 0 saturated carbocycles. The Balaban J connectivity index is 1.64. The van der Waals surface area contributed by atoms with Gasteiger partial charge in [0.1, 0.15) is 11.7 Å². The third-order valence-corrected chi connectivity index (χ3v) is 6.19. The second-order valence-electron chi connectivity index (χ2n) is 8.07. The van der Waals surface area contributed by atoms with Gasteiger partial charge in [0, 0.05) is 25.9 Å². The van der Waals surface area contributed by atoms with Gasteiger partial charge in [-0.15, -0.1) is 0 Å². The van der Waals surface area contributed by atoms with Crippen LogP contribution in [0.4, 0.5) is 11.4 Å². The number of benzene rings is 2. The average molecular weight is 372 g/mol. The maximum absolute atomic E-state index is 4.82. The molecule has 2 aromatic rings. The topological polar surface area (TPSA) is 18.8 Å². The van der Waals surface area contributed by atoms with Crippen LogP contribution in [0.25, 0.3) is 0 Å². The fourth-order valence-electron chi connectivity index (χ4n) is 4.85. The monoisotopic (exact) mass is 371 g/mol. The minimum atomic E-state index is 0.980. The van der Waals surface area contributed by atoms with Crippen LogP contribution in [0.2, 0.25) is 0 Å². The molecule has 0 aromatic heterocycles. The lowest BCUT2D eigenvalue weighted by molar-refractivity contribution is 0.540. The van der Waals surface area contributed by atoms with Crippen LogP contribution >= 0.6 is 0 Å². The molecule has 3 heterocycles. The Labute approximate surface area is 168 Å². The van der Waals surface area contributed by atoms with Crippen LogP contribution in [0.15, 0.2) is 59.4 Å². The van der Waals surface area contributed by atoms with Crippen LogP contribution in [-0.2, 0) is 12.8 Å². The van der Waals surface area contributed by atoms with Crippen LogP contribution in [-0.4, -0.2) is 23.8 Å². The van der Waals surface area contributed by atoms with Gasteiger partial charge >= 0.3 is 0 Å². The number of para-hydroxylation sites is 2. The molecular formula is C25H29N3. The minimum Gasteiger partial charge on any atom is -0.316 e. The summed E-state index contributed by atoms with van der Waals surface area (Å²) < 4.78 is 0. The largest absolute Gasteiger partial charge is 0.316 e. The first-order valence-corrected chi connectivity index (χ1v) is 10.9. The predicted molar refractivity (Wildman–Crippen MR) is 117 cm³/mol. The number of rotatable bonds is 4. The van der Waals surface area contributed by atoms with Crippen LogP contribution < -0.4 is 4.90 Å². The highest BCUT2D eigenvalue weighted by Gasteiger charge is 2.33. The zero-order valence-corrected chi connectivity index (χ0v) is 16.8. The first-order chi connectivity index (χ1) is 13.9. The Bertz CT molecular complexity index is 941. The number of aryl methyl sites for hydroxylation is 1. The van der Waals surface area contributed by atoms with Crippen molar-refractivity contribution in [3.8, 4) is 0 Å². The molecule has 0 unspecified atom stereocenters. The molecule has 0 saturated heterocycles. The number of nitrogens with zero attached hydrogens (tertiary/aromatic N) is 3. The van der Waals surface area contributed by atoms with Gasteiger partial charge in [0.15, 0.2) is 0 Å². The molecule has 0 amide bonds. The molecule has 144 valence electrons. The maximum atomic E-state index is 4.82. The summed E-state index contributed by atoms with van der Waals surface area (Å²) >= 11 is 0. The van der Waals surface area contributed by atoms with Gasteiger partial charge < -0.3 is 4.90 Å². The Morgan fingerprint density at radius 2 is 1.93 bits per heavy atom. The van der Waals surface area contributed by atoms with E-state index in [1.54, 1.807) is 0 Å². The van der Waals surface area contributed by atoms with Crippen molar-refractivity contribution in [3.63, 3.8) is 0 Å². The zero-order chi connectivity index (χ0) is 18.9. The summed E-state index contributed by atoms with van der Waals surface area (Å²) in [5.41, 5.74) is 7.12. The fraction of sp³-hybridized carbons (Fsp3) is 0.400. The number of hydrogen-bond donors (Lipinski definition) is 0. The van der Waals surface area contributed by atoms with Crippen molar-refractivity contribution in [2.24, 2.45) is 4.99 Å². The normalized spacial score (nSPS) is 18.0. The van der Waals surface area contributed by atoms with E-state index >= 15 is 0 Å². The van der Waals surface area contributed by atoms with Crippen molar-refractivity contribution < 1.29 is 0 Å². The molecule has 0 radical (unpaired) electrons. The first-order valence-electron chi connectivity index (χ1n) is 10.9. The quantitative estimate of drug-likeness (QED) is 0.675. The lowest BCUT2D eigenvalue weighted by atomic mass is 9.91. The molecule has 28 heavy (non-hydrogen) atoms. The van der Waals surface area contributed by atoms with Gasteiger partial charge in [0.2, 0.25) is 0 Å². The average Bonchev–Trinajstić information content (AvgIpc) is 3.41. The molecule has 0 atom stereocenters. The Kier molecular flexibility index (Phi) is 4.67. The molecule has 5 rings (SSSR count). The van der Waals surface area contributed by atoms with Gasteiger partial charge in [-0.25, -0.2) is 0 Å². The van der Waals surface area contributed by atoms with E-state index in [1.165, 1.54) is 59.0 Å². The van der Waals surface area contributed by atoms with E-state index in [0.717, 1.165) is 38.8 Å². The molecule has 3 heteroatoms. The summed E-state index contributed by atoms with van der Waals surface area (Å²) in [6, 6.07) is 15.8. The van der Waals surface area contributed by atoms with Crippen molar-refractivity contribution in [2.75, 3.05) is 18.0 Å². The third-order valence-electron chi connectivity index (χ3n) is 6.19. The number of anilines is 2. The van der Waals surface area contributed by atoms with Gasteiger partial charge in [-0.2, -0.15) is 0 Å². The summed E-state index contributed by atoms with van der Waals surface area (Å²) in [5, 5.41) is 0. The predicted octanol–water partition coefficient (Wildman–Crippen LogP) is 5.81. The Morgan fingerprint density at radius 3 is 2.79 bits per heavy atom. The molecule has 3 aliphatic heterocycles. The van der Waals surface area contributed by atoms with Crippen molar-refractivity contribution in [3.05, 3.63) is 71.1 Å². The molecule has 3 aliphatic rings. The highest BCUT2D eigenvalue weighted by Crippen LogP contribution is 2.45. The molecule has 3 nitrogen and oxygen atoms in total. The van der Waals surface area contributed by atoms with E-state index in [-0.39, 0.29) is 0 Å². The van der Waals surface area contributed by atoms with E-state index < -0.39 is 0 Å². The molecule has 2 aromatic carbocycles. The van der Waals surface area contributed by atoms with E-state index in [9.17, 15) is 0 Å². The molecule has 0 N–H and O–H groups in total. The molecule has 0 fully saturated rings. The number of aliphatic imine (C=N–C) groups is 1. The van der Waals surface area contributed by atoms with Crippen LogP contribution in [0.1, 0.15) is 55.7 Å². The highest BCUT2D eigenvalue weighted by atomic mass is 15.4. The van der Waals surface area contributed by atoms with Crippen LogP contribution in [0.3, 0.4) is 0 Å².